The number of piperazine rings is 1. The summed E-state index contributed by atoms with van der Waals surface area (Å²) in [4.78, 5) is 26.0. The number of aryl methyl sites for hydroxylation is 1. The Morgan fingerprint density at radius 1 is 1.26 bits per heavy atom. The highest BCUT2D eigenvalue weighted by Crippen LogP contribution is 2.26. The molecule has 8 heteroatoms. The van der Waals surface area contributed by atoms with Gasteiger partial charge in [0.15, 0.2) is 6.54 Å². The van der Waals surface area contributed by atoms with E-state index in [2.05, 4.69) is 10.2 Å². The number of hydrogen-bond acceptors (Lipinski definition) is 5. The minimum Gasteiger partial charge on any atom is -0.506 e. The van der Waals surface area contributed by atoms with Gasteiger partial charge in [-0.1, -0.05) is 12.1 Å². The van der Waals surface area contributed by atoms with E-state index in [1.807, 2.05) is 12.1 Å². The van der Waals surface area contributed by atoms with E-state index in [0.717, 1.165) is 31.9 Å². The first-order valence-corrected chi connectivity index (χ1v) is 8.85. The number of nitro benzene ring substituents is 1. The Morgan fingerprint density at radius 2 is 1.96 bits per heavy atom. The molecular formula is C19H23N4O4+. The summed E-state index contributed by atoms with van der Waals surface area (Å²) in [6, 6.07) is 11.7. The van der Waals surface area contributed by atoms with E-state index < -0.39 is 4.92 Å². The van der Waals surface area contributed by atoms with Crippen LogP contribution in [0.4, 0.5) is 17.1 Å². The number of para-hydroxylation sites is 2. The van der Waals surface area contributed by atoms with Crippen molar-refractivity contribution < 1.29 is 19.7 Å². The SMILES string of the molecule is Cc1cc([N+](=O)[O-])ccc1NC(=O)C[NH+]1CCN(c2ccccc2O)CC1. The molecule has 142 valence electrons. The molecule has 3 N–H and O–H groups in total. The lowest BCUT2D eigenvalue weighted by atomic mass is 10.2. The number of quaternary nitrogens is 1. The molecular weight excluding hydrogens is 348 g/mol. The van der Waals surface area contributed by atoms with Gasteiger partial charge in [0.2, 0.25) is 0 Å². The summed E-state index contributed by atoms with van der Waals surface area (Å²) in [5.41, 5.74) is 2.09. The van der Waals surface area contributed by atoms with Crippen molar-refractivity contribution in [2.45, 2.75) is 6.92 Å². The minimum atomic E-state index is -0.452. The first-order chi connectivity index (χ1) is 12.9. The molecule has 0 saturated carbocycles. The average Bonchev–Trinajstić information content (AvgIpc) is 2.64. The summed E-state index contributed by atoms with van der Waals surface area (Å²) in [5, 5.41) is 23.6. The molecule has 0 spiro atoms. The Labute approximate surface area is 157 Å². The highest BCUT2D eigenvalue weighted by Gasteiger charge is 2.24. The topological polar surface area (TPSA) is 100 Å². The van der Waals surface area contributed by atoms with Crippen LogP contribution < -0.4 is 15.1 Å². The van der Waals surface area contributed by atoms with E-state index >= 15 is 0 Å². The van der Waals surface area contributed by atoms with Gasteiger partial charge in [0.05, 0.1) is 36.8 Å². The van der Waals surface area contributed by atoms with Gasteiger partial charge in [-0.05, 0) is 30.7 Å². The molecule has 0 aliphatic carbocycles. The molecule has 0 unspecified atom stereocenters. The zero-order valence-electron chi connectivity index (χ0n) is 15.1. The van der Waals surface area contributed by atoms with Gasteiger partial charge < -0.3 is 20.2 Å². The van der Waals surface area contributed by atoms with Crippen LogP contribution in [0.25, 0.3) is 0 Å². The van der Waals surface area contributed by atoms with Crippen molar-refractivity contribution in [1.29, 1.82) is 0 Å². The van der Waals surface area contributed by atoms with Crippen molar-refractivity contribution in [3.05, 3.63) is 58.1 Å². The van der Waals surface area contributed by atoms with E-state index in [0.29, 0.717) is 17.8 Å². The van der Waals surface area contributed by atoms with Crippen LogP contribution in [0.15, 0.2) is 42.5 Å². The van der Waals surface area contributed by atoms with E-state index in [-0.39, 0.29) is 17.3 Å². The fourth-order valence-corrected chi connectivity index (χ4v) is 3.30. The first kappa shape index (κ1) is 18.7. The van der Waals surface area contributed by atoms with Gasteiger partial charge >= 0.3 is 0 Å². The first-order valence-electron chi connectivity index (χ1n) is 8.85. The van der Waals surface area contributed by atoms with E-state index in [9.17, 15) is 20.0 Å². The quantitative estimate of drug-likeness (QED) is 0.537. The number of anilines is 2. The maximum atomic E-state index is 12.3. The Hall–Kier alpha value is -3.13. The second kappa shape index (κ2) is 8.05. The molecule has 3 rings (SSSR count). The Balaban J connectivity index is 1.53. The number of nitro groups is 1. The van der Waals surface area contributed by atoms with Crippen molar-refractivity contribution in [2.75, 3.05) is 42.9 Å². The number of phenolic OH excluding ortho intramolecular Hbond substituents is 1. The van der Waals surface area contributed by atoms with Crippen LogP contribution in [-0.4, -0.2) is 48.7 Å². The Bertz CT molecular complexity index is 847. The van der Waals surface area contributed by atoms with Crippen LogP contribution >= 0.6 is 0 Å². The number of nitrogens with one attached hydrogen (secondary N) is 2. The second-order valence-corrected chi connectivity index (χ2v) is 6.71. The minimum absolute atomic E-state index is 0.0106. The van der Waals surface area contributed by atoms with Gasteiger partial charge in [0.1, 0.15) is 5.75 Å². The van der Waals surface area contributed by atoms with Crippen LogP contribution in [0.2, 0.25) is 0 Å². The van der Waals surface area contributed by atoms with E-state index in [1.54, 1.807) is 25.1 Å². The number of nitrogens with zero attached hydrogens (tertiary/aromatic N) is 2. The number of hydrogen-bond donors (Lipinski definition) is 3. The number of carbonyl (C=O) groups is 1. The largest absolute Gasteiger partial charge is 0.506 e. The summed E-state index contributed by atoms with van der Waals surface area (Å²) in [5.74, 6) is 0.158. The third-order valence-electron chi connectivity index (χ3n) is 4.80. The van der Waals surface area contributed by atoms with Gasteiger partial charge in [0, 0.05) is 17.8 Å². The maximum Gasteiger partial charge on any atom is 0.279 e. The number of amides is 1. The van der Waals surface area contributed by atoms with Crippen molar-refractivity contribution >= 4 is 23.0 Å². The van der Waals surface area contributed by atoms with Crippen LogP contribution in [0.1, 0.15) is 5.56 Å². The molecule has 0 atom stereocenters. The molecule has 1 aliphatic heterocycles. The third-order valence-corrected chi connectivity index (χ3v) is 4.80. The fraction of sp³-hybridized carbons (Fsp3) is 0.316. The van der Waals surface area contributed by atoms with Crippen LogP contribution in [0.5, 0.6) is 5.75 Å². The molecule has 1 saturated heterocycles. The summed E-state index contributed by atoms with van der Waals surface area (Å²) < 4.78 is 0. The average molecular weight is 371 g/mol. The van der Waals surface area contributed by atoms with Crippen molar-refractivity contribution in [3.8, 4) is 5.75 Å². The molecule has 27 heavy (non-hydrogen) atoms. The number of rotatable bonds is 5. The van der Waals surface area contributed by atoms with E-state index in [4.69, 9.17) is 0 Å². The smallest absolute Gasteiger partial charge is 0.279 e. The number of carbonyl (C=O) groups excluding carboxylic acids is 1. The highest BCUT2D eigenvalue weighted by atomic mass is 16.6. The molecule has 1 heterocycles. The van der Waals surface area contributed by atoms with Crippen molar-refractivity contribution in [3.63, 3.8) is 0 Å². The van der Waals surface area contributed by atoms with Crippen molar-refractivity contribution in [2.24, 2.45) is 0 Å². The highest BCUT2D eigenvalue weighted by molar-refractivity contribution is 5.92. The number of phenols is 1. The number of aromatic hydroxyl groups is 1. The summed E-state index contributed by atoms with van der Waals surface area (Å²) in [6.07, 6.45) is 0. The molecule has 8 nitrogen and oxygen atoms in total. The van der Waals surface area contributed by atoms with Crippen molar-refractivity contribution in [1.82, 2.24) is 0 Å². The number of benzene rings is 2. The zero-order valence-corrected chi connectivity index (χ0v) is 15.1. The standard InChI is InChI=1S/C19H22N4O4/c1-14-12-15(23(26)27)6-7-16(14)20-19(25)13-21-8-10-22(11-9-21)17-4-2-3-5-18(17)24/h2-7,12,24H,8-11,13H2,1H3,(H,20,25)/p+1. The molecule has 0 bridgehead atoms. The third kappa shape index (κ3) is 4.53. The Kier molecular flexibility index (Phi) is 5.56. The second-order valence-electron chi connectivity index (χ2n) is 6.71. The summed E-state index contributed by atoms with van der Waals surface area (Å²) in [6.45, 7) is 5.18. The molecule has 2 aromatic rings. The predicted molar refractivity (Wildman–Crippen MR) is 102 cm³/mol. The predicted octanol–water partition coefficient (Wildman–Crippen LogP) is 0.952. The van der Waals surface area contributed by atoms with Gasteiger partial charge in [-0.25, -0.2) is 0 Å². The molecule has 2 aromatic carbocycles. The number of non-ortho nitro benzene ring substituents is 1. The van der Waals surface area contributed by atoms with Gasteiger partial charge in [-0.2, -0.15) is 0 Å². The lowest BCUT2D eigenvalue weighted by Crippen LogP contribution is -3.15. The summed E-state index contributed by atoms with van der Waals surface area (Å²) in [7, 11) is 0. The monoisotopic (exact) mass is 371 g/mol. The van der Waals surface area contributed by atoms with E-state index in [1.165, 1.54) is 17.0 Å². The molecule has 1 fully saturated rings. The van der Waals surface area contributed by atoms with Crippen LogP contribution in [0, 0.1) is 17.0 Å². The maximum absolute atomic E-state index is 12.3. The Morgan fingerprint density at radius 3 is 2.59 bits per heavy atom. The van der Waals surface area contributed by atoms with Crippen LogP contribution in [-0.2, 0) is 4.79 Å². The summed E-state index contributed by atoms with van der Waals surface area (Å²) >= 11 is 0. The molecule has 0 aromatic heterocycles. The molecule has 0 radical (unpaired) electrons. The molecule has 1 aliphatic rings. The zero-order chi connectivity index (χ0) is 19.4. The van der Waals surface area contributed by atoms with Gasteiger partial charge in [-0.3, -0.25) is 14.9 Å². The van der Waals surface area contributed by atoms with Crippen LogP contribution in [0.3, 0.4) is 0 Å². The fourth-order valence-electron chi connectivity index (χ4n) is 3.30. The lowest BCUT2D eigenvalue weighted by Gasteiger charge is -2.33. The lowest BCUT2D eigenvalue weighted by molar-refractivity contribution is -0.892. The normalized spacial score (nSPS) is 14.8. The van der Waals surface area contributed by atoms with Gasteiger partial charge in [0.25, 0.3) is 11.6 Å². The molecule has 1 amide bonds. The van der Waals surface area contributed by atoms with Gasteiger partial charge in [-0.15, -0.1) is 0 Å².